The molecule has 1 heterocycles. The zero-order valence-electron chi connectivity index (χ0n) is 24.4. The molecule has 41 heavy (non-hydrogen) atoms. The van der Waals surface area contributed by atoms with Crippen LogP contribution in [-0.4, -0.2) is 169 Å². The van der Waals surface area contributed by atoms with Crippen molar-refractivity contribution in [2.45, 2.75) is 39.2 Å². The highest BCUT2D eigenvalue weighted by Crippen LogP contribution is 2.03. The average Bonchev–Trinajstić information content (AvgIpc) is 2.90. The van der Waals surface area contributed by atoms with Crippen molar-refractivity contribution in [2.24, 2.45) is 0 Å². The van der Waals surface area contributed by atoms with Gasteiger partial charge in [-0.1, -0.05) is 6.92 Å². The standard InChI is InChI=1S/C26H48N6O9/c1-3-29-9-11-31(19-24(35)36)15-13-30(14-16-32(12-10-29)20-25(37)38)18-23(34)28-21(26(39)40)6-7-22(33)27-8-5-17-41-4-2/h21H,3-20H2,1-2H3,(H,27,33)(H,28,34)(H,35,36)(H,37,38)(H,39,40)/t21-/m0/s1. The second-order valence-corrected chi connectivity index (χ2v) is 9.95. The van der Waals surface area contributed by atoms with Crippen molar-refractivity contribution in [1.82, 2.24) is 30.2 Å². The van der Waals surface area contributed by atoms with Crippen molar-refractivity contribution in [3.63, 3.8) is 0 Å². The Hall–Kier alpha value is -2.85. The summed E-state index contributed by atoms with van der Waals surface area (Å²) in [5.74, 6) is -4.03. The predicted octanol–water partition coefficient (Wildman–Crippen LogP) is -1.71. The number of carbonyl (C=O) groups is 5. The molecule has 0 aromatic heterocycles. The van der Waals surface area contributed by atoms with E-state index in [9.17, 15) is 39.3 Å². The monoisotopic (exact) mass is 588 g/mol. The van der Waals surface area contributed by atoms with E-state index in [2.05, 4.69) is 15.5 Å². The Bertz CT molecular complexity index is 799. The molecule has 0 radical (unpaired) electrons. The van der Waals surface area contributed by atoms with Crippen LogP contribution in [0.1, 0.15) is 33.1 Å². The van der Waals surface area contributed by atoms with Gasteiger partial charge in [0.15, 0.2) is 0 Å². The van der Waals surface area contributed by atoms with E-state index in [-0.39, 0.29) is 38.4 Å². The van der Waals surface area contributed by atoms with Gasteiger partial charge in [0, 0.05) is 78.5 Å². The number of carboxylic acid groups (broad SMARTS) is 3. The maximum absolute atomic E-state index is 12.9. The van der Waals surface area contributed by atoms with Crippen molar-refractivity contribution in [2.75, 3.05) is 98.3 Å². The molecule has 0 aliphatic carbocycles. The first-order valence-electron chi connectivity index (χ1n) is 14.2. The molecule has 0 aromatic rings. The molecule has 1 fully saturated rings. The van der Waals surface area contributed by atoms with E-state index in [1.165, 1.54) is 0 Å². The number of rotatable bonds is 17. The molecule has 0 saturated carbocycles. The van der Waals surface area contributed by atoms with Crippen LogP contribution in [0.25, 0.3) is 0 Å². The summed E-state index contributed by atoms with van der Waals surface area (Å²) >= 11 is 0. The van der Waals surface area contributed by atoms with Crippen molar-refractivity contribution in [3.05, 3.63) is 0 Å². The Labute approximate surface area is 241 Å². The van der Waals surface area contributed by atoms with Crippen LogP contribution in [-0.2, 0) is 28.7 Å². The summed E-state index contributed by atoms with van der Waals surface area (Å²) in [6, 6.07) is -1.25. The molecule has 0 spiro atoms. The van der Waals surface area contributed by atoms with Gasteiger partial charge in [-0.2, -0.15) is 0 Å². The Morgan fingerprint density at radius 3 is 1.66 bits per heavy atom. The van der Waals surface area contributed by atoms with E-state index in [4.69, 9.17) is 4.74 Å². The fourth-order valence-corrected chi connectivity index (χ4v) is 4.36. The van der Waals surface area contributed by atoms with Crippen LogP contribution in [0.3, 0.4) is 0 Å². The highest BCUT2D eigenvalue weighted by atomic mass is 16.5. The number of ether oxygens (including phenoxy) is 1. The summed E-state index contributed by atoms with van der Waals surface area (Å²) in [5, 5.41) is 33.5. The van der Waals surface area contributed by atoms with Crippen molar-refractivity contribution < 1.29 is 44.0 Å². The SMILES string of the molecule is CCOCCCNC(=O)CC[C@H](NC(=O)CN1CCN(CC(=O)O)CCN(CC)CCN(CC(=O)O)CC1)C(=O)O. The predicted molar refractivity (Wildman–Crippen MR) is 150 cm³/mol. The maximum atomic E-state index is 12.9. The normalized spacial score (nSPS) is 17.6. The Kier molecular flexibility index (Phi) is 18.5. The van der Waals surface area contributed by atoms with Crippen LogP contribution in [0, 0.1) is 0 Å². The van der Waals surface area contributed by atoms with Gasteiger partial charge in [-0.25, -0.2) is 4.79 Å². The molecule has 0 unspecified atom stereocenters. The third kappa shape index (κ3) is 17.5. The second-order valence-electron chi connectivity index (χ2n) is 9.95. The first-order chi connectivity index (χ1) is 19.5. The van der Waals surface area contributed by atoms with Gasteiger partial charge in [0.05, 0.1) is 19.6 Å². The smallest absolute Gasteiger partial charge is 0.326 e. The molecule has 1 aliphatic rings. The maximum Gasteiger partial charge on any atom is 0.326 e. The van der Waals surface area contributed by atoms with E-state index >= 15 is 0 Å². The number of carbonyl (C=O) groups excluding carboxylic acids is 2. The topological polar surface area (TPSA) is 192 Å². The Balaban J connectivity index is 2.80. The van der Waals surface area contributed by atoms with Crippen LogP contribution in [0.5, 0.6) is 0 Å². The molecule has 0 aromatic carbocycles. The molecule has 2 amide bonds. The third-order valence-electron chi connectivity index (χ3n) is 6.75. The number of likely N-dealkylation sites (N-methyl/N-ethyl adjacent to an activating group) is 1. The molecular formula is C26H48N6O9. The van der Waals surface area contributed by atoms with Gasteiger partial charge >= 0.3 is 17.9 Å². The average molecular weight is 589 g/mol. The van der Waals surface area contributed by atoms with Gasteiger partial charge in [0.25, 0.3) is 0 Å². The molecule has 15 nitrogen and oxygen atoms in total. The van der Waals surface area contributed by atoms with Gasteiger partial charge < -0.3 is 35.6 Å². The van der Waals surface area contributed by atoms with E-state index in [1.54, 1.807) is 14.7 Å². The third-order valence-corrected chi connectivity index (χ3v) is 6.75. The molecule has 0 bridgehead atoms. The van der Waals surface area contributed by atoms with Crippen molar-refractivity contribution >= 4 is 29.7 Å². The summed E-state index contributed by atoms with van der Waals surface area (Å²) in [7, 11) is 0. The minimum absolute atomic E-state index is 0.0708. The number of nitrogens with one attached hydrogen (secondary N) is 2. The quantitative estimate of drug-likeness (QED) is 0.121. The highest BCUT2D eigenvalue weighted by Gasteiger charge is 2.24. The number of carboxylic acids is 3. The van der Waals surface area contributed by atoms with Gasteiger partial charge in [0.1, 0.15) is 6.04 Å². The minimum Gasteiger partial charge on any atom is -0.480 e. The number of aliphatic carboxylic acids is 3. The number of hydrogen-bond acceptors (Lipinski definition) is 10. The second kappa shape index (κ2) is 20.9. The summed E-state index contributed by atoms with van der Waals surface area (Å²) < 4.78 is 5.21. The van der Waals surface area contributed by atoms with Gasteiger partial charge in [-0.15, -0.1) is 0 Å². The van der Waals surface area contributed by atoms with Crippen molar-refractivity contribution in [3.8, 4) is 0 Å². The summed E-state index contributed by atoms with van der Waals surface area (Å²) in [4.78, 5) is 67.0. The largest absolute Gasteiger partial charge is 0.480 e. The molecule has 1 aliphatic heterocycles. The Morgan fingerprint density at radius 2 is 1.22 bits per heavy atom. The lowest BCUT2D eigenvalue weighted by atomic mass is 10.1. The van der Waals surface area contributed by atoms with E-state index < -0.39 is 29.9 Å². The van der Waals surface area contributed by atoms with E-state index in [0.717, 1.165) is 6.54 Å². The van der Waals surface area contributed by atoms with Gasteiger partial charge in [-0.05, 0) is 26.3 Å². The van der Waals surface area contributed by atoms with Gasteiger partial charge in [0.2, 0.25) is 11.8 Å². The summed E-state index contributed by atoms with van der Waals surface area (Å²) in [6.07, 6.45) is 0.489. The molecular weight excluding hydrogens is 540 g/mol. The van der Waals surface area contributed by atoms with Gasteiger partial charge in [-0.3, -0.25) is 33.9 Å². The molecule has 236 valence electrons. The van der Waals surface area contributed by atoms with E-state index in [0.29, 0.717) is 78.5 Å². The zero-order valence-corrected chi connectivity index (χ0v) is 24.4. The molecule has 1 rings (SSSR count). The van der Waals surface area contributed by atoms with Crippen LogP contribution in [0.2, 0.25) is 0 Å². The fraction of sp³-hybridized carbons (Fsp3) is 0.808. The molecule has 15 heteroatoms. The van der Waals surface area contributed by atoms with Crippen molar-refractivity contribution in [1.29, 1.82) is 0 Å². The number of amides is 2. The summed E-state index contributed by atoms with van der Waals surface area (Å²) in [6.45, 7) is 9.26. The Morgan fingerprint density at radius 1 is 0.732 bits per heavy atom. The molecule has 5 N–H and O–H groups in total. The first kappa shape index (κ1) is 36.2. The highest BCUT2D eigenvalue weighted by molar-refractivity contribution is 5.85. The van der Waals surface area contributed by atoms with E-state index in [1.807, 2.05) is 13.8 Å². The lowest BCUT2D eigenvalue weighted by molar-refractivity contribution is -0.142. The number of hydrogen-bond donors (Lipinski definition) is 5. The lowest BCUT2D eigenvalue weighted by Gasteiger charge is -2.33. The molecule has 1 saturated heterocycles. The van der Waals surface area contributed by atoms with Crippen LogP contribution < -0.4 is 10.6 Å². The molecule has 1 atom stereocenters. The zero-order chi connectivity index (χ0) is 30.6. The lowest BCUT2D eigenvalue weighted by Crippen LogP contribution is -2.50. The van der Waals surface area contributed by atoms with Crippen LogP contribution in [0.15, 0.2) is 0 Å². The fourth-order valence-electron chi connectivity index (χ4n) is 4.36. The van der Waals surface area contributed by atoms with Crippen LogP contribution in [0.4, 0.5) is 0 Å². The number of nitrogens with zero attached hydrogens (tertiary/aromatic N) is 4. The minimum atomic E-state index is -1.25. The first-order valence-corrected chi connectivity index (χ1v) is 14.2. The van der Waals surface area contributed by atoms with Crippen LogP contribution >= 0.6 is 0 Å². The summed E-state index contributed by atoms with van der Waals surface area (Å²) in [5.41, 5.74) is 0.